The molecule has 0 aromatic rings. The SMILES string of the molecule is CCCN(C)C1CCC2=C(C1)SC(N)N2C. The average molecular weight is 241 g/mol. The Balaban J connectivity index is 2.00. The van der Waals surface area contributed by atoms with Crippen LogP contribution in [0.4, 0.5) is 0 Å². The van der Waals surface area contributed by atoms with Gasteiger partial charge in [0.05, 0.1) is 0 Å². The van der Waals surface area contributed by atoms with Crippen LogP contribution in [0, 0.1) is 0 Å². The predicted molar refractivity (Wildman–Crippen MR) is 70.9 cm³/mol. The fourth-order valence-corrected chi connectivity index (χ4v) is 3.90. The van der Waals surface area contributed by atoms with Gasteiger partial charge in [0.15, 0.2) is 0 Å². The van der Waals surface area contributed by atoms with Gasteiger partial charge in [0.2, 0.25) is 0 Å². The lowest BCUT2D eigenvalue weighted by Gasteiger charge is -2.32. The Labute approximate surface area is 103 Å². The summed E-state index contributed by atoms with van der Waals surface area (Å²) < 4.78 is 0. The molecule has 16 heavy (non-hydrogen) atoms. The molecule has 92 valence electrons. The summed E-state index contributed by atoms with van der Waals surface area (Å²) in [6, 6.07) is 0.727. The quantitative estimate of drug-likeness (QED) is 0.819. The Morgan fingerprint density at radius 1 is 1.56 bits per heavy atom. The highest BCUT2D eigenvalue weighted by Crippen LogP contribution is 2.43. The van der Waals surface area contributed by atoms with Crippen LogP contribution >= 0.6 is 11.8 Å². The van der Waals surface area contributed by atoms with E-state index in [1.54, 1.807) is 0 Å². The maximum absolute atomic E-state index is 6.05. The van der Waals surface area contributed by atoms with Gasteiger partial charge < -0.3 is 15.5 Å². The molecular formula is C12H23N3S. The van der Waals surface area contributed by atoms with Crippen LogP contribution in [0.1, 0.15) is 32.6 Å². The van der Waals surface area contributed by atoms with Crippen molar-refractivity contribution in [3.8, 4) is 0 Å². The minimum atomic E-state index is 0.153. The standard InChI is InChI=1S/C12H23N3S/c1-4-7-14(2)9-5-6-10-11(8-9)16-12(13)15(10)3/h9,12H,4-8,13H2,1-3H3. The lowest BCUT2D eigenvalue weighted by molar-refractivity contribution is 0.217. The molecule has 2 atom stereocenters. The fraction of sp³-hybridized carbons (Fsp3) is 0.833. The third-order valence-electron chi connectivity index (χ3n) is 3.73. The maximum atomic E-state index is 6.05. The van der Waals surface area contributed by atoms with Gasteiger partial charge in [0.1, 0.15) is 5.50 Å². The van der Waals surface area contributed by atoms with Crippen LogP contribution in [0.3, 0.4) is 0 Å². The normalized spacial score (nSPS) is 30.2. The topological polar surface area (TPSA) is 32.5 Å². The van der Waals surface area contributed by atoms with Crippen LogP contribution < -0.4 is 5.73 Å². The van der Waals surface area contributed by atoms with Gasteiger partial charge >= 0.3 is 0 Å². The van der Waals surface area contributed by atoms with E-state index < -0.39 is 0 Å². The van der Waals surface area contributed by atoms with Crippen LogP contribution in [0.25, 0.3) is 0 Å². The van der Waals surface area contributed by atoms with E-state index >= 15 is 0 Å². The highest BCUT2D eigenvalue weighted by atomic mass is 32.2. The molecule has 0 fully saturated rings. The summed E-state index contributed by atoms with van der Waals surface area (Å²) in [4.78, 5) is 6.29. The van der Waals surface area contributed by atoms with E-state index in [0.717, 1.165) is 6.04 Å². The van der Waals surface area contributed by atoms with Gasteiger partial charge in [-0.05, 0) is 39.3 Å². The van der Waals surface area contributed by atoms with E-state index in [1.807, 2.05) is 11.8 Å². The molecule has 2 N–H and O–H groups in total. The van der Waals surface area contributed by atoms with Crippen molar-refractivity contribution in [2.24, 2.45) is 5.73 Å². The molecule has 1 aliphatic heterocycles. The molecule has 2 aliphatic rings. The molecule has 0 aromatic carbocycles. The predicted octanol–water partition coefficient (Wildman–Crippen LogP) is 2.01. The van der Waals surface area contributed by atoms with Crippen molar-refractivity contribution in [2.45, 2.75) is 44.1 Å². The zero-order chi connectivity index (χ0) is 11.7. The summed E-state index contributed by atoms with van der Waals surface area (Å²) in [5.74, 6) is 0. The van der Waals surface area contributed by atoms with Gasteiger partial charge in [-0.3, -0.25) is 0 Å². The first-order valence-electron chi connectivity index (χ1n) is 6.20. The van der Waals surface area contributed by atoms with Crippen molar-refractivity contribution in [2.75, 3.05) is 20.6 Å². The molecule has 0 amide bonds. The number of allylic oxidation sites excluding steroid dienone is 1. The van der Waals surface area contributed by atoms with Gasteiger partial charge in [-0.1, -0.05) is 18.7 Å². The molecule has 0 bridgehead atoms. The summed E-state index contributed by atoms with van der Waals surface area (Å²) in [5, 5.41) is 0. The monoisotopic (exact) mass is 241 g/mol. The molecule has 4 heteroatoms. The second-order valence-corrected chi connectivity index (χ2v) is 6.08. The van der Waals surface area contributed by atoms with Gasteiger partial charge in [0, 0.05) is 23.7 Å². The van der Waals surface area contributed by atoms with E-state index in [9.17, 15) is 0 Å². The van der Waals surface area contributed by atoms with Crippen molar-refractivity contribution in [3.63, 3.8) is 0 Å². The Morgan fingerprint density at radius 2 is 2.31 bits per heavy atom. The van der Waals surface area contributed by atoms with E-state index in [0.29, 0.717) is 0 Å². The Morgan fingerprint density at radius 3 is 3.00 bits per heavy atom. The minimum Gasteiger partial charge on any atom is -0.353 e. The number of nitrogens with zero attached hydrogens (tertiary/aromatic N) is 2. The fourth-order valence-electron chi connectivity index (χ4n) is 2.66. The van der Waals surface area contributed by atoms with Crippen LogP contribution in [-0.2, 0) is 0 Å². The summed E-state index contributed by atoms with van der Waals surface area (Å²) in [7, 11) is 4.37. The van der Waals surface area contributed by atoms with Crippen molar-refractivity contribution in [1.82, 2.24) is 9.80 Å². The van der Waals surface area contributed by atoms with E-state index in [4.69, 9.17) is 5.73 Å². The van der Waals surface area contributed by atoms with Crippen molar-refractivity contribution in [1.29, 1.82) is 0 Å². The van der Waals surface area contributed by atoms with Gasteiger partial charge in [-0.25, -0.2) is 0 Å². The van der Waals surface area contributed by atoms with Crippen molar-refractivity contribution < 1.29 is 0 Å². The van der Waals surface area contributed by atoms with Crippen LogP contribution in [0.15, 0.2) is 10.6 Å². The van der Waals surface area contributed by atoms with Gasteiger partial charge in [0.25, 0.3) is 0 Å². The lowest BCUT2D eigenvalue weighted by atomic mass is 9.97. The second kappa shape index (κ2) is 4.98. The number of rotatable bonds is 3. The summed E-state index contributed by atoms with van der Waals surface area (Å²) in [5.41, 5.74) is 7.70. The smallest absolute Gasteiger partial charge is 0.129 e. The first-order chi connectivity index (χ1) is 7.63. The highest BCUT2D eigenvalue weighted by molar-refractivity contribution is 8.03. The second-order valence-electron chi connectivity index (χ2n) is 4.87. The van der Waals surface area contributed by atoms with Gasteiger partial charge in [-0.15, -0.1) is 0 Å². The Hall–Kier alpha value is -0.190. The molecule has 3 nitrogen and oxygen atoms in total. The number of hydrogen-bond acceptors (Lipinski definition) is 4. The Kier molecular flexibility index (Phi) is 3.82. The van der Waals surface area contributed by atoms with Crippen LogP contribution in [0.2, 0.25) is 0 Å². The van der Waals surface area contributed by atoms with Crippen molar-refractivity contribution >= 4 is 11.8 Å². The third kappa shape index (κ3) is 2.24. The maximum Gasteiger partial charge on any atom is 0.129 e. The Bertz CT molecular complexity index is 290. The number of nitrogens with two attached hydrogens (primary N) is 1. The largest absolute Gasteiger partial charge is 0.353 e. The highest BCUT2D eigenvalue weighted by Gasteiger charge is 2.33. The molecule has 0 saturated carbocycles. The zero-order valence-corrected chi connectivity index (χ0v) is 11.4. The number of thioether (sulfide) groups is 1. The summed E-state index contributed by atoms with van der Waals surface area (Å²) >= 11 is 1.85. The molecule has 2 rings (SSSR count). The molecule has 0 saturated heterocycles. The number of hydrogen-bond donors (Lipinski definition) is 1. The molecule has 0 spiro atoms. The van der Waals surface area contributed by atoms with Crippen LogP contribution in [0.5, 0.6) is 0 Å². The summed E-state index contributed by atoms with van der Waals surface area (Å²) in [6.45, 7) is 3.46. The third-order valence-corrected chi connectivity index (χ3v) is 4.97. The molecule has 0 radical (unpaired) electrons. The molecular weight excluding hydrogens is 218 g/mol. The zero-order valence-electron chi connectivity index (χ0n) is 10.6. The molecule has 1 heterocycles. The van der Waals surface area contributed by atoms with Gasteiger partial charge in [-0.2, -0.15) is 0 Å². The van der Waals surface area contributed by atoms with Crippen LogP contribution in [-0.4, -0.2) is 42.0 Å². The van der Waals surface area contributed by atoms with E-state index in [-0.39, 0.29) is 5.50 Å². The van der Waals surface area contributed by atoms with Crippen molar-refractivity contribution in [3.05, 3.63) is 10.6 Å². The average Bonchev–Trinajstić information content (AvgIpc) is 2.55. The minimum absolute atomic E-state index is 0.153. The van der Waals surface area contributed by atoms with E-state index in [1.165, 1.54) is 42.8 Å². The lowest BCUT2D eigenvalue weighted by Crippen LogP contribution is -2.35. The molecule has 1 aliphatic carbocycles. The van der Waals surface area contributed by atoms with E-state index in [2.05, 4.69) is 30.8 Å². The first kappa shape index (κ1) is 12.3. The summed E-state index contributed by atoms with van der Waals surface area (Å²) in [6.07, 6.45) is 4.93. The molecule has 0 aromatic heterocycles. The first-order valence-corrected chi connectivity index (χ1v) is 7.08. The molecule has 2 unspecified atom stereocenters.